The van der Waals surface area contributed by atoms with Crippen LogP contribution >= 0.6 is 0 Å². The lowest BCUT2D eigenvalue weighted by Gasteiger charge is -2.26. The summed E-state index contributed by atoms with van der Waals surface area (Å²) in [6.07, 6.45) is 1.29. The highest BCUT2D eigenvalue weighted by Crippen LogP contribution is 2.29. The molecule has 30 heavy (non-hydrogen) atoms. The van der Waals surface area contributed by atoms with Gasteiger partial charge in [-0.1, -0.05) is 6.07 Å². The van der Waals surface area contributed by atoms with Crippen LogP contribution in [-0.4, -0.2) is 36.5 Å². The van der Waals surface area contributed by atoms with Crippen LogP contribution in [0.3, 0.4) is 0 Å². The van der Waals surface area contributed by atoms with Gasteiger partial charge in [0.25, 0.3) is 17.5 Å². The summed E-state index contributed by atoms with van der Waals surface area (Å²) in [5, 5.41) is 13.1. The Morgan fingerprint density at radius 3 is 2.60 bits per heavy atom. The van der Waals surface area contributed by atoms with E-state index < -0.39 is 22.8 Å². The highest BCUT2D eigenvalue weighted by atomic mass is 16.6. The van der Waals surface area contributed by atoms with Crippen LogP contribution in [0, 0.1) is 10.1 Å². The summed E-state index contributed by atoms with van der Waals surface area (Å²) in [7, 11) is 1.49. The maximum atomic E-state index is 13.0. The molecule has 0 unspecified atom stereocenters. The molecular weight excluding hydrogens is 394 g/mol. The average molecular weight is 411 g/mol. The molecule has 0 spiro atoms. The smallest absolute Gasteiger partial charge is 0.335 e. The van der Waals surface area contributed by atoms with E-state index in [2.05, 4.69) is 5.32 Å². The second-order valence-corrected chi connectivity index (χ2v) is 6.07. The molecule has 1 aliphatic rings. The summed E-state index contributed by atoms with van der Waals surface area (Å²) in [4.78, 5) is 48.6. The van der Waals surface area contributed by atoms with E-state index in [1.165, 1.54) is 31.4 Å². The standard InChI is InChI=1S/C20H17N3O7/c1-3-30-17-11-15(29-2)8-7-12(17)9-16-18(24)21-20(26)22(19(16)25)13-5-4-6-14(10-13)23(27)28/h4-11H,3H2,1-2H3,(H,21,24,26)/b16-9+. The highest BCUT2D eigenvalue weighted by molar-refractivity contribution is 6.39. The van der Waals surface area contributed by atoms with E-state index in [1.807, 2.05) is 0 Å². The second kappa shape index (κ2) is 8.43. The largest absolute Gasteiger partial charge is 0.497 e. The molecule has 1 N–H and O–H groups in total. The Morgan fingerprint density at radius 2 is 1.93 bits per heavy atom. The topological polar surface area (TPSA) is 128 Å². The maximum Gasteiger partial charge on any atom is 0.335 e. The maximum absolute atomic E-state index is 13.0. The van der Waals surface area contributed by atoms with Gasteiger partial charge in [-0.2, -0.15) is 0 Å². The monoisotopic (exact) mass is 411 g/mol. The van der Waals surface area contributed by atoms with E-state index in [0.29, 0.717) is 28.6 Å². The van der Waals surface area contributed by atoms with Crippen LogP contribution in [-0.2, 0) is 9.59 Å². The van der Waals surface area contributed by atoms with Crippen molar-refractivity contribution in [2.45, 2.75) is 6.92 Å². The van der Waals surface area contributed by atoms with Crippen LogP contribution in [0.4, 0.5) is 16.2 Å². The first-order valence-electron chi connectivity index (χ1n) is 8.82. The number of hydrogen-bond acceptors (Lipinski definition) is 7. The van der Waals surface area contributed by atoms with E-state index in [1.54, 1.807) is 25.1 Å². The number of hydrogen-bond donors (Lipinski definition) is 1. The Kier molecular flexibility index (Phi) is 5.77. The van der Waals surface area contributed by atoms with Gasteiger partial charge in [-0.15, -0.1) is 0 Å². The Balaban J connectivity index is 2.05. The van der Waals surface area contributed by atoms with Crippen molar-refractivity contribution in [3.05, 3.63) is 63.7 Å². The number of carbonyl (C=O) groups excluding carboxylic acids is 3. The summed E-state index contributed by atoms with van der Waals surface area (Å²) in [5.74, 6) is -0.898. The van der Waals surface area contributed by atoms with Gasteiger partial charge in [-0.25, -0.2) is 9.69 Å². The number of non-ortho nitro benzene ring substituents is 1. The first kappa shape index (κ1) is 20.5. The van der Waals surface area contributed by atoms with Crippen molar-refractivity contribution in [1.29, 1.82) is 0 Å². The minimum absolute atomic E-state index is 0.0372. The van der Waals surface area contributed by atoms with Crippen molar-refractivity contribution in [2.24, 2.45) is 0 Å². The molecule has 1 heterocycles. The molecule has 2 aromatic carbocycles. The van der Waals surface area contributed by atoms with E-state index in [9.17, 15) is 24.5 Å². The van der Waals surface area contributed by atoms with Gasteiger partial charge in [0, 0.05) is 23.8 Å². The zero-order chi connectivity index (χ0) is 21.8. The first-order valence-corrected chi connectivity index (χ1v) is 8.82. The zero-order valence-corrected chi connectivity index (χ0v) is 16.1. The van der Waals surface area contributed by atoms with Crippen LogP contribution < -0.4 is 19.7 Å². The van der Waals surface area contributed by atoms with Crippen molar-refractivity contribution in [1.82, 2.24) is 5.32 Å². The molecule has 10 nitrogen and oxygen atoms in total. The lowest BCUT2D eigenvalue weighted by molar-refractivity contribution is -0.384. The predicted molar refractivity (Wildman–Crippen MR) is 106 cm³/mol. The molecule has 0 radical (unpaired) electrons. The van der Waals surface area contributed by atoms with E-state index in [4.69, 9.17) is 9.47 Å². The van der Waals surface area contributed by atoms with Crippen molar-refractivity contribution in [3.63, 3.8) is 0 Å². The van der Waals surface area contributed by atoms with Crippen molar-refractivity contribution in [3.8, 4) is 11.5 Å². The minimum atomic E-state index is -0.998. The third-order valence-corrected chi connectivity index (χ3v) is 4.22. The molecule has 0 atom stereocenters. The molecule has 2 aromatic rings. The van der Waals surface area contributed by atoms with Gasteiger partial charge in [-0.3, -0.25) is 25.0 Å². The summed E-state index contributed by atoms with van der Waals surface area (Å²) >= 11 is 0. The Morgan fingerprint density at radius 1 is 1.17 bits per heavy atom. The van der Waals surface area contributed by atoms with Gasteiger partial charge in [0.15, 0.2) is 0 Å². The number of rotatable bonds is 6. The number of imide groups is 2. The molecule has 10 heteroatoms. The second-order valence-electron chi connectivity index (χ2n) is 6.07. The van der Waals surface area contributed by atoms with E-state index in [0.717, 1.165) is 6.07 Å². The van der Waals surface area contributed by atoms with Crippen molar-refractivity contribution in [2.75, 3.05) is 18.6 Å². The Bertz CT molecular complexity index is 1080. The molecule has 154 valence electrons. The fraction of sp³-hybridized carbons (Fsp3) is 0.150. The van der Waals surface area contributed by atoms with E-state index >= 15 is 0 Å². The average Bonchev–Trinajstić information content (AvgIpc) is 2.72. The van der Waals surface area contributed by atoms with Gasteiger partial charge in [0.05, 0.1) is 24.3 Å². The number of amides is 4. The summed E-state index contributed by atoms with van der Waals surface area (Å²) in [6, 6.07) is 8.83. The number of nitrogens with one attached hydrogen (secondary N) is 1. The molecule has 0 aromatic heterocycles. The Hall–Kier alpha value is -4.21. The van der Waals surface area contributed by atoms with Crippen LogP contribution in [0.5, 0.6) is 11.5 Å². The number of anilines is 1. The molecule has 0 aliphatic carbocycles. The summed E-state index contributed by atoms with van der Waals surface area (Å²) < 4.78 is 10.7. The number of nitro benzene ring substituents is 1. The molecule has 0 bridgehead atoms. The zero-order valence-electron chi connectivity index (χ0n) is 16.1. The first-order chi connectivity index (χ1) is 14.3. The van der Waals surface area contributed by atoms with Crippen LogP contribution in [0.25, 0.3) is 6.08 Å². The number of benzene rings is 2. The normalized spacial score (nSPS) is 15.2. The number of ether oxygens (including phenoxy) is 2. The van der Waals surface area contributed by atoms with Gasteiger partial charge < -0.3 is 9.47 Å². The number of nitrogens with zero attached hydrogens (tertiary/aromatic N) is 2. The molecule has 3 rings (SSSR count). The lowest BCUT2D eigenvalue weighted by atomic mass is 10.1. The fourth-order valence-electron chi connectivity index (χ4n) is 2.83. The van der Waals surface area contributed by atoms with Gasteiger partial charge in [-0.05, 0) is 31.2 Å². The SMILES string of the molecule is CCOc1cc(OC)ccc1/C=C1\C(=O)NC(=O)N(c2cccc([N+](=O)[O-])c2)C1=O. The van der Waals surface area contributed by atoms with Crippen molar-refractivity contribution < 1.29 is 28.8 Å². The molecule has 1 aliphatic heterocycles. The predicted octanol–water partition coefficient (Wildman–Crippen LogP) is 2.67. The Labute approximate surface area is 170 Å². The summed E-state index contributed by atoms with van der Waals surface area (Å²) in [6.45, 7) is 2.11. The number of carbonyl (C=O) groups is 3. The number of urea groups is 1. The molecule has 4 amide bonds. The van der Waals surface area contributed by atoms with Crippen LogP contribution in [0.1, 0.15) is 12.5 Å². The lowest BCUT2D eigenvalue weighted by Crippen LogP contribution is -2.54. The van der Waals surface area contributed by atoms with Gasteiger partial charge in [0.2, 0.25) is 0 Å². The van der Waals surface area contributed by atoms with Crippen LogP contribution in [0.15, 0.2) is 48.0 Å². The molecule has 1 saturated heterocycles. The van der Waals surface area contributed by atoms with Gasteiger partial charge in [0.1, 0.15) is 17.1 Å². The van der Waals surface area contributed by atoms with Crippen molar-refractivity contribution >= 4 is 35.3 Å². The molecule has 1 fully saturated rings. The fourth-order valence-corrected chi connectivity index (χ4v) is 2.83. The number of nitro groups is 1. The van der Waals surface area contributed by atoms with Gasteiger partial charge >= 0.3 is 6.03 Å². The number of barbiturate groups is 1. The van der Waals surface area contributed by atoms with Crippen LogP contribution in [0.2, 0.25) is 0 Å². The number of methoxy groups -OCH3 is 1. The third kappa shape index (κ3) is 3.97. The molecular formula is C20H17N3O7. The third-order valence-electron chi connectivity index (χ3n) is 4.22. The quantitative estimate of drug-likeness (QED) is 0.335. The highest BCUT2D eigenvalue weighted by Gasteiger charge is 2.37. The molecule has 0 saturated carbocycles. The minimum Gasteiger partial charge on any atom is -0.497 e. The van der Waals surface area contributed by atoms with E-state index in [-0.39, 0.29) is 16.9 Å². The summed E-state index contributed by atoms with van der Waals surface area (Å²) in [5.41, 5.74) is -0.245.